The molecule has 3 aromatic carbocycles. The molecule has 0 bridgehead atoms. The summed E-state index contributed by atoms with van der Waals surface area (Å²) >= 11 is 0. The topological polar surface area (TPSA) is 36.9 Å². The minimum atomic E-state index is -5.36. The van der Waals surface area contributed by atoms with Crippen LogP contribution in [0.2, 0.25) is 0 Å². The Labute approximate surface area is 275 Å². The van der Waals surface area contributed by atoms with Gasteiger partial charge < -0.3 is 18.9 Å². The van der Waals surface area contributed by atoms with E-state index in [1.807, 2.05) is 13.0 Å². The van der Waals surface area contributed by atoms with Gasteiger partial charge in [0.15, 0.2) is 17.9 Å². The van der Waals surface area contributed by atoms with Crippen molar-refractivity contribution in [3.05, 3.63) is 118 Å². The van der Waals surface area contributed by atoms with Gasteiger partial charge in [0.1, 0.15) is 23.2 Å². The van der Waals surface area contributed by atoms with E-state index in [0.29, 0.717) is 37.5 Å². The molecule has 49 heavy (non-hydrogen) atoms. The van der Waals surface area contributed by atoms with Crippen molar-refractivity contribution in [1.29, 1.82) is 0 Å². The number of ether oxygens (including phenoxy) is 4. The summed E-state index contributed by atoms with van der Waals surface area (Å²) in [7, 11) is 0. The first kappa shape index (κ1) is 37.8. The van der Waals surface area contributed by atoms with E-state index < -0.39 is 83.3 Å². The van der Waals surface area contributed by atoms with E-state index in [9.17, 15) is 43.9 Å². The maximum absolute atomic E-state index is 15.0. The minimum absolute atomic E-state index is 0.102. The van der Waals surface area contributed by atoms with Crippen LogP contribution in [0.5, 0.6) is 11.5 Å². The van der Waals surface area contributed by atoms with Crippen LogP contribution >= 0.6 is 0 Å². The van der Waals surface area contributed by atoms with Crippen molar-refractivity contribution in [2.45, 2.75) is 64.2 Å². The molecule has 266 valence electrons. The van der Waals surface area contributed by atoms with Crippen LogP contribution in [0.3, 0.4) is 0 Å². The second-order valence-corrected chi connectivity index (χ2v) is 11.2. The van der Waals surface area contributed by atoms with E-state index in [1.165, 1.54) is 0 Å². The van der Waals surface area contributed by atoms with E-state index in [0.717, 1.165) is 43.9 Å². The summed E-state index contributed by atoms with van der Waals surface area (Å²) in [6.45, 7) is 2.61. The number of benzene rings is 3. The molecule has 4 nitrogen and oxygen atoms in total. The van der Waals surface area contributed by atoms with Crippen LogP contribution in [-0.4, -0.2) is 19.6 Å². The predicted molar refractivity (Wildman–Crippen MR) is 158 cm³/mol. The zero-order valence-corrected chi connectivity index (χ0v) is 26.1. The lowest BCUT2D eigenvalue weighted by Crippen LogP contribution is -2.27. The van der Waals surface area contributed by atoms with Gasteiger partial charge in [-0.15, -0.1) is 13.2 Å². The van der Waals surface area contributed by atoms with Crippen molar-refractivity contribution in [2.24, 2.45) is 5.92 Å². The normalized spacial score (nSPS) is 17.3. The molecule has 1 heterocycles. The van der Waals surface area contributed by atoms with Gasteiger partial charge in [-0.05, 0) is 75.3 Å². The summed E-state index contributed by atoms with van der Waals surface area (Å²) in [6, 6.07) is 4.52. The zero-order chi connectivity index (χ0) is 35.8. The Bertz CT molecular complexity index is 1580. The SMILES string of the molecule is C/C=C/CC/C=C/CCC1COC(c2ccc(C(F)(F)Oc3cc(F)c(CCc4cc(F)c(OC(F)(F)F)c(F)c4)c(F)c3)c(F)c2)OC1. The first-order valence-electron chi connectivity index (χ1n) is 15.2. The number of allylic oxidation sites excluding steroid dienone is 4. The molecule has 1 aliphatic rings. The molecular formula is C35H32F10O4. The Morgan fingerprint density at radius 2 is 1.33 bits per heavy atom. The van der Waals surface area contributed by atoms with Crippen LogP contribution in [0.15, 0.2) is 66.8 Å². The average Bonchev–Trinajstić information content (AvgIpc) is 3.01. The number of rotatable bonds is 14. The smallest absolute Gasteiger partial charge is 0.429 e. The van der Waals surface area contributed by atoms with Crippen LogP contribution in [0.25, 0.3) is 0 Å². The molecule has 4 rings (SSSR count). The summed E-state index contributed by atoms with van der Waals surface area (Å²) in [5, 5.41) is 0. The first-order chi connectivity index (χ1) is 23.2. The molecule has 14 heteroatoms. The second kappa shape index (κ2) is 16.6. The number of alkyl halides is 5. The van der Waals surface area contributed by atoms with Crippen molar-refractivity contribution in [2.75, 3.05) is 13.2 Å². The molecule has 0 N–H and O–H groups in total. The number of hydrogen-bond donors (Lipinski definition) is 0. The van der Waals surface area contributed by atoms with Crippen LogP contribution in [0, 0.1) is 35.0 Å². The third-order valence-electron chi connectivity index (χ3n) is 7.49. The van der Waals surface area contributed by atoms with Crippen molar-refractivity contribution in [1.82, 2.24) is 0 Å². The Morgan fingerprint density at radius 3 is 1.92 bits per heavy atom. The van der Waals surface area contributed by atoms with Gasteiger partial charge in [0, 0.05) is 29.2 Å². The highest BCUT2D eigenvalue weighted by atomic mass is 19.4. The molecule has 1 fully saturated rings. The number of halogens is 10. The molecule has 0 aromatic heterocycles. The monoisotopic (exact) mass is 706 g/mol. The maximum Gasteiger partial charge on any atom is 0.573 e. The van der Waals surface area contributed by atoms with Crippen LogP contribution in [0.1, 0.15) is 61.2 Å². The van der Waals surface area contributed by atoms with Crippen molar-refractivity contribution < 1.29 is 62.9 Å². The fourth-order valence-electron chi connectivity index (χ4n) is 5.06. The molecule has 3 aromatic rings. The molecule has 0 spiro atoms. The standard InChI is InChI=1S/C35H32F10O4/c1-2-3-4-5-6-7-8-9-22-19-46-33(47-20-22)23-11-13-26(29(38)16-23)34(41,42)48-24-17-27(36)25(28(37)18-24)12-10-21-14-30(39)32(31(40)15-21)49-35(43,44)45/h2-3,6-7,11,13-18,22,33H,4-5,8-10,12,19-20H2,1H3/b3-2+,7-6+. The Morgan fingerprint density at radius 1 is 0.714 bits per heavy atom. The van der Waals surface area contributed by atoms with E-state index in [-0.39, 0.29) is 17.0 Å². The average molecular weight is 707 g/mol. The molecule has 1 aliphatic heterocycles. The first-order valence-corrected chi connectivity index (χ1v) is 15.2. The van der Waals surface area contributed by atoms with Gasteiger partial charge in [-0.1, -0.05) is 30.4 Å². The third-order valence-corrected chi connectivity index (χ3v) is 7.49. The molecule has 0 atom stereocenters. The van der Waals surface area contributed by atoms with Gasteiger partial charge in [0.05, 0.1) is 18.8 Å². The molecule has 0 aliphatic carbocycles. The summed E-state index contributed by atoms with van der Waals surface area (Å²) in [6.07, 6.45) is 0.0659. The second-order valence-electron chi connectivity index (χ2n) is 11.2. The summed E-state index contributed by atoms with van der Waals surface area (Å²) in [5.74, 6) is -10.1. The lowest BCUT2D eigenvalue weighted by atomic mass is 10.0. The summed E-state index contributed by atoms with van der Waals surface area (Å²) in [4.78, 5) is 0. The Balaban J connectivity index is 1.34. The van der Waals surface area contributed by atoms with E-state index in [4.69, 9.17) is 9.47 Å². The highest BCUT2D eigenvalue weighted by Crippen LogP contribution is 2.37. The van der Waals surface area contributed by atoms with Gasteiger partial charge in [-0.3, -0.25) is 0 Å². The minimum Gasteiger partial charge on any atom is -0.429 e. The lowest BCUT2D eigenvalue weighted by Gasteiger charge is -2.29. The highest BCUT2D eigenvalue weighted by molar-refractivity contribution is 5.35. The molecule has 0 radical (unpaired) electrons. The van der Waals surface area contributed by atoms with Crippen LogP contribution in [0.4, 0.5) is 43.9 Å². The number of hydrogen-bond acceptors (Lipinski definition) is 4. The highest BCUT2D eigenvalue weighted by Gasteiger charge is 2.39. The van der Waals surface area contributed by atoms with Gasteiger partial charge in [-0.25, -0.2) is 22.0 Å². The van der Waals surface area contributed by atoms with E-state index in [1.54, 1.807) is 0 Å². The Kier molecular flexibility index (Phi) is 12.8. The van der Waals surface area contributed by atoms with Crippen molar-refractivity contribution in [3.63, 3.8) is 0 Å². The fraction of sp³-hybridized carbons (Fsp3) is 0.371. The van der Waals surface area contributed by atoms with Gasteiger partial charge in [0.25, 0.3) is 0 Å². The van der Waals surface area contributed by atoms with Crippen molar-refractivity contribution >= 4 is 0 Å². The quantitative estimate of drug-likeness (QED) is 0.0950. The lowest BCUT2D eigenvalue weighted by molar-refractivity contribution is -0.276. The molecule has 0 amide bonds. The van der Waals surface area contributed by atoms with Crippen LogP contribution < -0.4 is 9.47 Å². The largest absolute Gasteiger partial charge is 0.573 e. The zero-order valence-electron chi connectivity index (χ0n) is 26.1. The third kappa shape index (κ3) is 10.7. The molecular weight excluding hydrogens is 674 g/mol. The van der Waals surface area contributed by atoms with Gasteiger partial charge >= 0.3 is 12.5 Å². The molecule has 0 unspecified atom stereocenters. The number of aryl methyl sites for hydroxylation is 1. The predicted octanol–water partition coefficient (Wildman–Crippen LogP) is 10.5. The summed E-state index contributed by atoms with van der Waals surface area (Å²) in [5.41, 5.74) is -2.04. The van der Waals surface area contributed by atoms with E-state index >= 15 is 0 Å². The van der Waals surface area contributed by atoms with Gasteiger partial charge in [-0.2, -0.15) is 8.78 Å². The van der Waals surface area contributed by atoms with Crippen LogP contribution in [-0.2, 0) is 28.4 Å². The molecule has 0 saturated carbocycles. The van der Waals surface area contributed by atoms with Gasteiger partial charge in [0.2, 0.25) is 5.75 Å². The Hall–Kier alpha value is -4.04. The maximum atomic E-state index is 15.0. The molecule has 1 saturated heterocycles. The number of unbranched alkanes of at least 4 members (excludes halogenated alkanes) is 1. The van der Waals surface area contributed by atoms with E-state index in [2.05, 4.69) is 27.7 Å². The fourth-order valence-corrected chi connectivity index (χ4v) is 5.06. The summed E-state index contributed by atoms with van der Waals surface area (Å²) < 4.78 is 158. The van der Waals surface area contributed by atoms with Crippen molar-refractivity contribution in [3.8, 4) is 11.5 Å².